The van der Waals surface area contributed by atoms with E-state index < -0.39 is 5.82 Å². The Bertz CT molecular complexity index is 407. The van der Waals surface area contributed by atoms with E-state index in [1.165, 1.54) is 6.07 Å². The number of benzene rings is 1. The summed E-state index contributed by atoms with van der Waals surface area (Å²) in [7, 11) is 0. The molecule has 18 heavy (non-hydrogen) atoms. The molecule has 0 aliphatic rings. The Morgan fingerprint density at radius 2 is 2.11 bits per heavy atom. The van der Waals surface area contributed by atoms with Crippen molar-refractivity contribution in [2.24, 2.45) is 5.92 Å². The molecule has 3 nitrogen and oxygen atoms in total. The van der Waals surface area contributed by atoms with Crippen LogP contribution >= 0.6 is 0 Å². The molecule has 0 fully saturated rings. The van der Waals surface area contributed by atoms with Crippen molar-refractivity contribution in [1.29, 1.82) is 0 Å². The van der Waals surface area contributed by atoms with Crippen molar-refractivity contribution < 1.29 is 9.18 Å². The quantitative estimate of drug-likeness (QED) is 0.817. The minimum Gasteiger partial charge on any atom is -0.382 e. The van der Waals surface area contributed by atoms with Crippen molar-refractivity contribution in [3.8, 4) is 0 Å². The molecule has 0 aromatic heterocycles. The zero-order chi connectivity index (χ0) is 13.5. The van der Waals surface area contributed by atoms with Gasteiger partial charge in [0.2, 0.25) is 0 Å². The summed E-state index contributed by atoms with van der Waals surface area (Å²) in [5, 5.41) is 5.72. The lowest BCUT2D eigenvalue weighted by molar-refractivity contribution is 0.0948. The van der Waals surface area contributed by atoms with Crippen LogP contribution in [0.5, 0.6) is 0 Å². The summed E-state index contributed by atoms with van der Waals surface area (Å²) < 4.78 is 13.6. The molecule has 0 saturated heterocycles. The summed E-state index contributed by atoms with van der Waals surface area (Å²) in [5.41, 5.74) is 0.641. The summed E-state index contributed by atoms with van der Waals surface area (Å²) in [6, 6.07) is 4.53. The molecule has 0 saturated carbocycles. The maximum absolute atomic E-state index is 13.6. The van der Waals surface area contributed by atoms with Gasteiger partial charge >= 0.3 is 0 Å². The first-order chi connectivity index (χ1) is 8.60. The van der Waals surface area contributed by atoms with Crippen LogP contribution in [-0.4, -0.2) is 19.0 Å². The highest BCUT2D eigenvalue weighted by atomic mass is 19.1. The Kier molecular flexibility index (Phi) is 5.62. The van der Waals surface area contributed by atoms with Gasteiger partial charge < -0.3 is 10.6 Å². The Hall–Kier alpha value is -1.58. The molecule has 1 unspecified atom stereocenters. The topological polar surface area (TPSA) is 41.1 Å². The third kappa shape index (κ3) is 3.72. The van der Waals surface area contributed by atoms with E-state index in [0.717, 1.165) is 6.42 Å². The van der Waals surface area contributed by atoms with Gasteiger partial charge in [0.25, 0.3) is 5.91 Å². The lowest BCUT2D eigenvalue weighted by atomic mass is 10.1. The monoisotopic (exact) mass is 252 g/mol. The zero-order valence-corrected chi connectivity index (χ0v) is 11.2. The third-order valence-electron chi connectivity index (χ3n) is 2.92. The first-order valence-electron chi connectivity index (χ1n) is 6.40. The molecule has 1 rings (SSSR count). The van der Waals surface area contributed by atoms with E-state index in [9.17, 15) is 9.18 Å². The largest absolute Gasteiger partial charge is 0.382 e. The highest BCUT2D eigenvalue weighted by molar-refractivity contribution is 5.99. The molecular formula is C14H21FN2O. The zero-order valence-electron chi connectivity index (χ0n) is 11.2. The number of halogens is 1. The van der Waals surface area contributed by atoms with Crippen molar-refractivity contribution in [3.05, 3.63) is 29.6 Å². The van der Waals surface area contributed by atoms with Crippen LogP contribution in [0.4, 0.5) is 10.1 Å². The molecule has 0 radical (unpaired) electrons. The van der Waals surface area contributed by atoms with Crippen LogP contribution in [0.3, 0.4) is 0 Å². The second-order valence-corrected chi connectivity index (χ2v) is 4.42. The average molecular weight is 252 g/mol. The summed E-state index contributed by atoms with van der Waals surface area (Å²) in [6.45, 7) is 7.19. The van der Waals surface area contributed by atoms with Gasteiger partial charge in [-0.25, -0.2) is 4.39 Å². The fourth-order valence-electron chi connectivity index (χ4n) is 1.58. The van der Waals surface area contributed by atoms with E-state index >= 15 is 0 Å². The number of nitrogens with one attached hydrogen (secondary N) is 2. The molecule has 4 heteroatoms. The Labute approximate surface area is 108 Å². The standard InChI is InChI=1S/C14H21FN2O/c1-4-10(3)9-17-14(18)11-7-6-8-12(15)13(11)16-5-2/h6-8,10,16H,4-5,9H2,1-3H3,(H,17,18). The van der Waals surface area contributed by atoms with E-state index in [-0.39, 0.29) is 11.6 Å². The maximum Gasteiger partial charge on any atom is 0.253 e. The summed E-state index contributed by atoms with van der Waals surface area (Å²) in [6.07, 6.45) is 1.00. The minimum atomic E-state index is -0.395. The van der Waals surface area contributed by atoms with Crippen LogP contribution in [0, 0.1) is 11.7 Å². The van der Waals surface area contributed by atoms with Gasteiger partial charge in [0.05, 0.1) is 11.3 Å². The van der Waals surface area contributed by atoms with Crippen LogP contribution in [0.1, 0.15) is 37.6 Å². The third-order valence-corrected chi connectivity index (χ3v) is 2.92. The van der Waals surface area contributed by atoms with E-state index in [4.69, 9.17) is 0 Å². The van der Waals surface area contributed by atoms with Gasteiger partial charge in [-0.3, -0.25) is 4.79 Å². The van der Waals surface area contributed by atoms with Crippen LogP contribution in [0.2, 0.25) is 0 Å². The highest BCUT2D eigenvalue weighted by Gasteiger charge is 2.14. The van der Waals surface area contributed by atoms with Gasteiger partial charge in [-0.15, -0.1) is 0 Å². The number of carbonyl (C=O) groups is 1. The fraction of sp³-hybridized carbons (Fsp3) is 0.500. The van der Waals surface area contributed by atoms with Gasteiger partial charge in [0.1, 0.15) is 5.82 Å². The average Bonchev–Trinajstić information content (AvgIpc) is 2.38. The van der Waals surface area contributed by atoms with E-state index in [1.807, 2.05) is 6.92 Å². The minimum absolute atomic E-state index is 0.231. The predicted molar refractivity (Wildman–Crippen MR) is 72.4 cm³/mol. The maximum atomic E-state index is 13.6. The number of hydrogen-bond donors (Lipinski definition) is 2. The van der Waals surface area contributed by atoms with Gasteiger partial charge in [-0.2, -0.15) is 0 Å². The number of para-hydroxylation sites is 1. The van der Waals surface area contributed by atoms with Gasteiger partial charge in [-0.05, 0) is 25.0 Å². The van der Waals surface area contributed by atoms with Crippen molar-refractivity contribution >= 4 is 11.6 Å². The molecule has 2 N–H and O–H groups in total. The molecule has 100 valence electrons. The molecular weight excluding hydrogens is 231 g/mol. The number of carbonyl (C=O) groups excluding carboxylic acids is 1. The van der Waals surface area contributed by atoms with Crippen LogP contribution in [0.15, 0.2) is 18.2 Å². The molecule has 0 bridgehead atoms. The second kappa shape index (κ2) is 6.99. The number of rotatable bonds is 6. The van der Waals surface area contributed by atoms with Crippen LogP contribution in [0.25, 0.3) is 0 Å². The molecule has 1 aromatic rings. The molecule has 1 atom stereocenters. The molecule has 0 heterocycles. The van der Waals surface area contributed by atoms with Gasteiger partial charge in [0.15, 0.2) is 0 Å². The molecule has 0 aliphatic carbocycles. The lowest BCUT2D eigenvalue weighted by Gasteiger charge is -2.14. The molecule has 0 spiro atoms. The smallest absolute Gasteiger partial charge is 0.253 e. The number of amides is 1. The van der Waals surface area contributed by atoms with Crippen LogP contribution < -0.4 is 10.6 Å². The molecule has 1 aromatic carbocycles. The van der Waals surface area contributed by atoms with E-state index in [0.29, 0.717) is 24.6 Å². The first kappa shape index (κ1) is 14.5. The van der Waals surface area contributed by atoms with E-state index in [1.54, 1.807) is 12.1 Å². The van der Waals surface area contributed by atoms with Crippen molar-refractivity contribution in [2.45, 2.75) is 27.2 Å². The normalized spacial score (nSPS) is 12.0. The SMILES string of the molecule is CCNc1c(F)cccc1C(=O)NCC(C)CC. The Balaban J connectivity index is 2.81. The van der Waals surface area contributed by atoms with E-state index in [2.05, 4.69) is 24.5 Å². The van der Waals surface area contributed by atoms with Gasteiger partial charge in [-0.1, -0.05) is 26.3 Å². The molecule has 1 amide bonds. The van der Waals surface area contributed by atoms with Crippen molar-refractivity contribution in [1.82, 2.24) is 5.32 Å². The fourth-order valence-corrected chi connectivity index (χ4v) is 1.58. The first-order valence-corrected chi connectivity index (χ1v) is 6.40. The van der Waals surface area contributed by atoms with Crippen molar-refractivity contribution in [3.63, 3.8) is 0 Å². The Morgan fingerprint density at radius 1 is 1.39 bits per heavy atom. The highest BCUT2D eigenvalue weighted by Crippen LogP contribution is 2.19. The molecule has 0 aliphatic heterocycles. The lowest BCUT2D eigenvalue weighted by Crippen LogP contribution is -2.29. The number of hydrogen-bond acceptors (Lipinski definition) is 2. The van der Waals surface area contributed by atoms with Gasteiger partial charge in [0, 0.05) is 13.1 Å². The summed E-state index contributed by atoms with van der Waals surface area (Å²) in [4.78, 5) is 12.0. The Morgan fingerprint density at radius 3 is 2.72 bits per heavy atom. The summed E-state index contributed by atoms with van der Waals surface area (Å²) >= 11 is 0. The number of anilines is 1. The van der Waals surface area contributed by atoms with Crippen LogP contribution in [-0.2, 0) is 0 Å². The summed E-state index contributed by atoms with van der Waals surface area (Å²) in [5.74, 6) is -0.205. The van der Waals surface area contributed by atoms with Crippen molar-refractivity contribution in [2.75, 3.05) is 18.4 Å². The second-order valence-electron chi connectivity index (χ2n) is 4.42. The predicted octanol–water partition coefficient (Wildman–Crippen LogP) is 3.03.